The molecule has 0 unspecified atom stereocenters. The Bertz CT molecular complexity index is 1010. The quantitative estimate of drug-likeness (QED) is 0.355. The predicted molar refractivity (Wildman–Crippen MR) is 149 cm³/mol. The van der Waals surface area contributed by atoms with Crippen molar-refractivity contribution in [1.82, 2.24) is 10.6 Å². The fourth-order valence-corrected chi connectivity index (χ4v) is 6.16. The molecule has 2 aliphatic rings. The van der Waals surface area contributed by atoms with Gasteiger partial charge in [0.1, 0.15) is 8.67 Å². The monoisotopic (exact) mass is 570 g/mol. The number of carbonyl (C=O) groups is 2. The average Bonchev–Trinajstić information content (AvgIpc) is 3.47. The molecule has 0 aliphatic heterocycles. The Balaban J connectivity index is 0.000000201. The van der Waals surface area contributed by atoms with Crippen molar-refractivity contribution in [2.45, 2.75) is 62.3 Å². The van der Waals surface area contributed by atoms with E-state index >= 15 is 0 Å². The van der Waals surface area contributed by atoms with Crippen LogP contribution in [0.5, 0.6) is 0 Å². The SMILES string of the molecule is C[C@H](NC(=O)[C@]1(C)[C@H](C)C1(Cl)Cl)c1ccccc1.C[C@H](NC(=O)[C@]1(C)[C@H](C)C1(Cl)Cl)c1ccccc1. The Morgan fingerprint density at radius 3 is 1.14 bits per heavy atom. The third-order valence-corrected chi connectivity index (χ3v) is 11.2. The summed E-state index contributed by atoms with van der Waals surface area (Å²) in [5.74, 6) is -0.236. The summed E-state index contributed by atoms with van der Waals surface area (Å²) in [6.45, 7) is 11.3. The number of benzene rings is 2. The molecular formula is C28H34Cl4N2O2. The Labute approximate surface area is 234 Å². The third-order valence-electron chi connectivity index (χ3n) is 8.28. The van der Waals surface area contributed by atoms with Crippen molar-refractivity contribution < 1.29 is 9.59 Å². The van der Waals surface area contributed by atoms with Crippen molar-refractivity contribution in [2.24, 2.45) is 22.7 Å². The van der Waals surface area contributed by atoms with Crippen LogP contribution in [0.1, 0.15) is 64.8 Å². The average molecular weight is 572 g/mol. The summed E-state index contributed by atoms with van der Waals surface area (Å²) in [6.07, 6.45) is 0. The second-order valence-electron chi connectivity index (χ2n) is 10.3. The van der Waals surface area contributed by atoms with Crippen molar-refractivity contribution in [1.29, 1.82) is 0 Å². The predicted octanol–water partition coefficient (Wildman–Crippen LogP) is 7.39. The molecule has 4 rings (SSSR count). The first-order chi connectivity index (χ1) is 16.6. The Morgan fingerprint density at radius 2 is 0.917 bits per heavy atom. The smallest absolute Gasteiger partial charge is 0.229 e. The molecule has 0 radical (unpaired) electrons. The van der Waals surface area contributed by atoms with E-state index in [0.717, 1.165) is 11.1 Å². The molecule has 36 heavy (non-hydrogen) atoms. The standard InChI is InChI=1S/2C14H17Cl2NO/c2*1-9(11-7-5-4-6-8-11)17-12(18)13(3)10(2)14(13,15)16/h2*4-10H,1-3H3,(H,17,18)/t2*9-,10-,13-/m00/s1. The molecule has 0 saturated heterocycles. The van der Waals surface area contributed by atoms with E-state index in [4.69, 9.17) is 46.4 Å². The van der Waals surface area contributed by atoms with Crippen molar-refractivity contribution in [2.75, 3.05) is 0 Å². The molecule has 2 aromatic carbocycles. The summed E-state index contributed by atoms with van der Waals surface area (Å²) in [5, 5.41) is 5.95. The van der Waals surface area contributed by atoms with E-state index in [1.807, 2.05) is 102 Å². The molecular weight excluding hydrogens is 538 g/mol. The van der Waals surface area contributed by atoms with Crippen molar-refractivity contribution in [3.8, 4) is 0 Å². The van der Waals surface area contributed by atoms with Gasteiger partial charge in [0.2, 0.25) is 11.8 Å². The zero-order chi connectivity index (χ0) is 27.1. The molecule has 0 aromatic heterocycles. The van der Waals surface area contributed by atoms with Crippen LogP contribution in [-0.4, -0.2) is 20.5 Å². The summed E-state index contributed by atoms with van der Waals surface area (Å²) in [5.41, 5.74) is 0.744. The lowest BCUT2D eigenvalue weighted by molar-refractivity contribution is -0.127. The van der Waals surface area contributed by atoms with E-state index in [2.05, 4.69) is 10.6 Å². The second kappa shape index (κ2) is 10.4. The molecule has 4 nitrogen and oxygen atoms in total. The summed E-state index contributed by atoms with van der Waals surface area (Å²) in [6, 6.07) is 19.5. The minimum absolute atomic E-state index is 0.0312. The van der Waals surface area contributed by atoms with Crippen LogP contribution in [0.2, 0.25) is 0 Å². The second-order valence-corrected chi connectivity index (χ2v) is 13.1. The summed E-state index contributed by atoms with van der Waals surface area (Å²) < 4.78 is -1.90. The molecule has 196 valence electrons. The molecule has 2 aromatic rings. The number of nitrogens with one attached hydrogen (secondary N) is 2. The molecule has 2 saturated carbocycles. The van der Waals surface area contributed by atoms with Gasteiger partial charge in [0.05, 0.1) is 22.9 Å². The van der Waals surface area contributed by atoms with Gasteiger partial charge >= 0.3 is 0 Å². The van der Waals surface area contributed by atoms with E-state index in [1.165, 1.54) is 0 Å². The van der Waals surface area contributed by atoms with E-state index < -0.39 is 19.5 Å². The first kappa shape index (κ1) is 29.1. The lowest BCUT2D eigenvalue weighted by Crippen LogP contribution is -2.35. The fourth-order valence-electron chi connectivity index (χ4n) is 4.51. The van der Waals surface area contributed by atoms with E-state index in [-0.39, 0.29) is 35.7 Å². The lowest BCUT2D eigenvalue weighted by atomic mass is 10.0. The Hall–Kier alpha value is -1.46. The number of rotatable bonds is 6. The Morgan fingerprint density at radius 1 is 0.667 bits per heavy atom. The van der Waals surface area contributed by atoms with Crippen LogP contribution < -0.4 is 10.6 Å². The maximum atomic E-state index is 12.3. The number of carbonyl (C=O) groups excluding carboxylic acids is 2. The molecule has 6 atom stereocenters. The number of hydrogen-bond acceptors (Lipinski definition) is 2. The van der Waals surface area contributed by atoms with Gasteiger partial charge in [-0.25, -0.2) is 0 Å². The highest BCUT2D eigenvalue weighted by Gasteiger charge is 2.75. The van der Waals surface area contributed by atoms with Gasteiger partial charge in [-0.1, -0.05) is 74.5 Å². The molecule has 2 N–H and O–H groups in total. The van der Waals surface area contributed by atoms with Crippen LogP contribution in [0.4, 0.5) is 0 Å². The summed E-state index contributed by atoms with van der Waals surface area (Å²) >= 11 is 24.5. The molecule has 8 heteroatoms. The van der Waals surface area contributed by atoms with E-state index in [1.54, 1.807) is 0 Å². The van der Waals surface area contributed by atoms with Gasteiger partial charge in [-0.15, -0.1) is 46.4 Å². The zero-order valence-corrected chi connectivity index (χ0v) is 24.4. The molecule has 2 aliphatic carbocycles. The lowest BCUT2D eigenvalue weighted by Gasteiger charge is -2.18. The fraction of sp³-hybridized carbons (Fsp3) is 0.500. The highest BCUT2D eigenvalue weighted by Crippen LogP contribution is 2.69. The first-order valence-corrected chi connectivity index (χ1v) is 13.6. The van der Waals surface area contributed by atoms with Gasteiger partial charge in [-0.2, -0.15) is 0 Å². The first-order valence-electron chi connectivity index (χ1n) is 12.1. The normalized spacial score (nSPS) is 30.6. The van der Waals surface area contributed by atoms with Crippen LogP contribution in [0.3, 0.4) is 0 Å². The van der Waals surface area contributed by atoms with Crippen molar-refractivity contribution in [3.63, 3.8) is 0 Å². The molecule has 0 bridgehead atoms. The minimum Gasteiger partial charge on any atom is -0.349 e. The number of alkyl halides is 4. The minimum atomic E-state index is -0.951. The molecule has 0 spiro atoms. The van der Waals surface area contributed by atoms with Crippen LogP contribution >= 0.6 is 46.4 Å². The van der Waals surface area contributed by atoms with Gasteiger partial charge in [-0.05, 0) is 38.8 Å². The maximum absolute atomic E-state index is 12.3. The highest BCUT2D eigenvalue weighted by molar-refractivity contribution is 6.54. The number of hydrogen-bond donors (Lipinski definition) is 2. The molecule has 2 fully saturated rings. The zero-order valence-electron chi connectivity index (χ0n) is 21.4. The van der Waals surface area contributed by atoms with E-state index in [0.29, 0.717) is 0 Å². The van der Waals surface area contributed by atoms with Crippen LogP contribution in [-0.2, 0) is 9.59 Å². The third kappa shape index (κ3) is 4.99. The van der Waals surface area contributed by atoms with Crippen molar-refractivity contribution >= 4 is 58.2 Å². The van der Waals surface area contributed by atoms with Crippen LogP contribution in [0.15, 0.2) is 60.7 Å². The molecule has 2 amide bonds. The highest BCUT2D eigenvalue weighted by atomic mass is 35.5. The summed E-state index contributed by atoms with van der Waals surface area (Å²) in [7, 11) is 0. The van der Waals surface area contributed by atoms with Crippen LogP contribution in [0, 0.1) is 22.7 Å². The van der Waals surface area contributed by atoms with Gasteiger partial charge in [0.25, 0.3) is 0 Å². The molecule has 0 heterocycles. The summed E-state index contributed by atoms with van der Waals surface area (Å²) in [4.78, 5) is 24.5. The van der Waals surface area contributed by atoms with Gasteiger partial charge in [-0.3, -0.25) is 9.59 Å². The van der Waals surface area contributed by atoms with Gasteiger partial charge in [0.15, 0.2) is 0 Å². The Kier molecular flexibility index (Phi) is 8.38. The topological polar surface area (TPSA) is 58.2 Å². The van der Waals surface area contributed by atoms with E-state index in [9.17, 15) is 9.59 Å². The largest absolute Gasteiger partial charge is 0.349 e. The number of amides is 2. The van der Waals surface area contributed by atoms with Gasteiger partial charge < -0.3 is 10.6 Å². The van der Waals surface area contributed by atoms with Crippen LogP contribution in [0.25, 0.3) is 0 Å². The van der Waals surface area contributed by atoms with Crippen molar-refractivity contribution in [3.05, 3.63) is 71.8 Å². The maximum Gasteiger partial charge on any atom is 0.229 e. The van der Waals surface area contributed by atoms with Gasteiger partial charge in [0, 0.05) is 11.8 Å². The number of halogens is 4.